The second-order valence-corrected chi connectivity index (χ2v) is 3.92. The Morgan fingerprint density at radius 2 is 1.75 bits per heavy atom. The van der Waals surface area contributed by atoms with E-state index in [0.717, 1.165) is 39.0 Å². The van der Waals surface area contributed by atoms with E-state index in [1.54, 1.807) is 6.92 Å². The fourth-order valence-corrected chi connectivity index (χ4v) is 1.17. The van der Waals surface area contributed by atoms with Gasteiger partial charge >= 0.3 is 0 Å². The van der Waals surface area contributed by atoms with Crippen LogP contribution in [-0.4, -0.2) is 37.0 Å². The highest BCUT2D eigenvalue weighted by molar-refractivity contribution is 5.73. The van der Waals surface area contributed by atoms with Crippen LogP contribution < -0.4 is 5.32 Å². The molecule has 1 amide bonds. The van der Waals surface area contributed by atoms with Gasteiger partial charge in [-0.05, 0) is 13.0 Å². The molecule has 0 radical (unpaired) electrons. The molecule has 0 atom stereocenters. The molecule has 0 aromatic carbocycles. The lowest BCUT2D eigenvalue weighted by Gasteiger charge is -2.20. The molecular formula is C13H32N2O. The van der Waals surface area contributed by atoms with Gasteiger partial charge in [0.05, 0.1) is 0 Å². The van der Waals surface area contributed by atoms with Crippen molar-refractivity contribution in [1.82, 2.24) is 10.2 Å². The summed E-state index contributed by atoms with van der Waals surface area (Å²) in [6.07, 6.45) is 3.50. The molecule has 0 saturated carbocycles. The molecule has 100 valence electrons. The molecule has 16 heavy (non-hydrogen) atoms. The fourth-order valence-electron chi connectivity index (χ4n) is 1.17. The van der Waals surface area contributed by atoms with Gasteiger partial charge in [0.2, 0.25) is 5.91 Å². The SMILES string of the molecule is CCC.CCCCN(CCNCC)C(C)=O.[HH]. The van der Waals surface area contributed by atoms with Crippen molar-refractivity contribution >= 4 is 5.91 Å². The topological polar surface area (TPSA) is 32.3 Å². The van der Waals surface area contributed by atoms with Crippen molar-refractivity contribution in [2.75, 3.05) is 26.2 Å². The summed E-state index contributed by atoms with van der Waals surface area (Å²) in [5.74, 6) is 0.186. The molecule has 0 fully saturated rings. The first-order valence-corrected chi connectivity index (χ1v) is 6.60. The quantitative estimate of drug-likeness (QED) is 0.685. The van der Waals surface area contributed by atoms with Gasteiger partial charge in [0.25, 0.3) is 0 Å². The minimum absolute atomic E-state index is 0. The second kappa shape index (κ2) is 14.4. The molecule has 0 aliphatic carbocycles. The summed E-state index contributed by atoms with van der Waals surface area (Å²) in [7, 11) is 0. The number of likely N-dealkylation sites (N-methyl/N-ethyl adjacent to an activating group) is 1. The number of nitrogens with zero attached hydrogens (tertiary/aromatic N) is 1. The standard InChI is InChI=1S/C10H22N2O.C3H8.H2/c1-4-6-8-12(10(3)13)9-7-11-5-2;1-3-2;/h11H,4-9H2,1-3H3;3H2,1-2H3;1H. The van der Waals surface area contributed by atoms with Crippen LogP contribution in [0.15, 0.2) is 0 Å². The van der Waals surface area contributed by atoms with Gasteiger partial charge in [0.15, 0.2) is 0 Å². The molecule has 0 spiro atoms. The number of rotatable bonds is 7. The van der Waals surface area contributed by atoms with E-state index < -0.39 is 0 Å². The predicted octanol–water partition coefficient (Wildman–Crippen LogP) is 2.91. The van der Waals surface area contributed by atoms with Crippen LogP contribution in [0.5, 0.6) is 0 Å². The van der Waals surface area contributed by atoms with Gasteiger partial charge in [-0.1, -0.05) is 40.5 Å². The van der Waals surface area contributed by atoms with E-state index in [2.05, 4.69) is 33.0 Å². The summed E-state index contributed by atoms with van der Waals surface area (Å²) >= 11 is 0. The number of hydrogen-bond acceptors (Lipinski definition) is 2. The number of amides is 1. The van der Waals surface area contributed by atoms with E-state index in [1.807, 2.05) is 4.90 Å². The van der Waals surface area contributed by atoms with Crippen molar-refractivity contribution in [2.24, 2.45) is 0 Å². The third-order valence-electron chi connectivity index (χ3n) is 2.04. The maximum absolute atomic E-state index is 11.1. The Bertz CT molecular complexity index is 154. The van der Waals surface area contributed by atoms with Gasteiger partial charge in [-0.3, -0.25) is 4.79 Å². The number of carbonyl (C=O) groups is 1. The molecule has 0 saturated heterocycles. The van der Waals surface area contributed by atoms with Crippen molar-refractivity contribution in [3.63, 3.8) is 0 Å². The van der Waals surface area contributed by atoms with Crippen LogP contribution in [0.2, 0.25) is 0 Å². The Morgan fingerprint density at radius 3 is 2.12 bits per heavy atom. The van der Waals surface area contributed by atoms with Crippen LogP contribution in [-0.2, 0) is 4.79 Å². The lowest BCUT2D eigenvalue weighted by molar-refractivity contribution is -0.128. The summed E-state index contributed by atoms with van der Waals surface area (Å²) in [6, 6.07) is 0. The molecule has 0 aromatic heterocycles. The summed E-state index contributed by atoms with van der Waals surface area (Å²) in [6.45, 7) is 13.7. The molecule has 3 nitrogen and oxygen atoms in total. The molecule has 0 bridgehead atoms. The van der Waals surface area contributed by atoms with Gasteiger partial charge in [-0.2, -0.15) is 0 Å². The third-order valence-corrected chi connectivity index (χ3v) is 2.04. The highest BCUT2D eigenvalue weighted by atomic mass is 16.2. The zero-order valence-electron chi connectivity index (χ0n) is 11.8. The van der Waals surface area contributed by atoms with E-state index >= 15 is 0 Å². The molecule has 1 N–H and O–H groups in total. The van der Waals surface area contributed by atoms with Crippen molar-refractivity contribution in [3.8, 4) is 0 Å². The number of hydrogen-bond donors (Lipinski definition) is 1. The summed E-state index contributed by atoms with van der Waals surface area (Å²) < 4.78 is 0. The normalized spacial score (nSPS) is 9.31. The smallest absolute Gasteiger partial charge is 0.219 e. The highest BCUT2D eigenvalue weighted by Gasteiger charge is 2.05. The first-order valence-electron chi connectivity index (χ1n) is 6.60. The zero-order valence-corrected chi connectivity index (χ0v) is 11.8. The largest absolute Gasteiger partial charge is 0.342 e. The molecule has 0 heterocycles. The van der Waals surface area contributed by atoms with Gasteiger partial charge in [-0.15, -0.1) is 0 Å². The predicted molar refractivity (Wildman–Crippen MR) is 73.8 cm³/mol. The van der Waals surface area contributed by atoms with Crippen LogP contribution in [0.3, 0.4) is 0 Å². The zero-order chi connectivity index (χ0) is 12.8. The van der Waals surface area contributed by atoms with Crippen molar-refractivity contribution in [1.29, 1.82) is 0 Å². The summed E-state index contributed by atoms with van der Waals surface area (Å²) in [4.78, 5) is 13.1. The minimum atomic E-state index is 0. The lowest BCUT2D eigenvalue weighted by atomic mass is 10.3. The maximum Gasteiger partial charge on any atom is 0.219 e. The van der Waals surface area contributed by atoms with E-state index in [1.165, 1.54) is 6.42 Å². The monoisotopic (exact) mass is 232 g/mol. The van der Waals surface area contributed by atoms with E-state index in [-0.39, 0.29) is 7.33 Å². The Hall–Kier alpha value is -0.570. The van der Waals surface area contributed by atoms with Gasteiger partial charge < -0.3 is 10.2 Å². The van der Waals surface area contributed by atoms with E-state index in [0.29, 0.717) is 0 Å². The Balaban J connectivity index is -0.000000440. The molecule has 0 aromatic rings. The van der Waals surface area contributed by atoms with Crippen molar-refractivity contribution < 1.29 is 6.22 Å². The molecular weight excluding hydrogens is 200 g/mol. The maximum atomic E-state index is 11.1. The van der Waals surface area contributed by atoms with Crippen LogP contribution in [0.1, 0.15) is 55.3 Å². The van der Waals surface area contributed by atoms with Crippen molar-refractivity contribution in [3.05, 3.63) is 0 Å². The first kappa shape index (κ1) is 17.8. The summed E-state index contributed by atoms with van der Waals surface area (Å²) in [5.41, 5.74) is 0. The lowest BCUT2D eigenvalue weighted by Crippen LogP contribution is -2.36. The van der Waals surface area contributed by atoms with Crippen LogP contribution in [0.4, 0.5) is 0 Å². The second-order valence-electron chi connectivity index (χ2n) is 3.92. The number of unbranched alkanes of at least 4 members (excludes halogenated alkanes) is 1. The van der Waals surface area contributed by atoms with Crippen LogP contribution in [0, 0.1) is 0 Å². The molecule has 0 aliphatic heterocycles. The molecule has 3 heteroatoms. The fraction of sp³-hybridized carbons (Fsp3) is 0.923. The van der Waals surface area contributed by atoms with Crippen LogP contribution in [0.25, 0.3) is 0 Å². The minimum Gasteiger partial charge on any atom is -0.342 e. The van der Waals surface area contributed by atoms with E-state index in [4.69, 9.17) is 0 Å². The summed E-state index contributed by atoms with van der Waals surface area (Å²) in [5, 5.41) is 3.22. The van der Waals surface area contributed by atoms with E-state index in [9.17, 15) is 4.79 Å². The number of carbonyl (C=O) groups excluding carboxylic acids is 1. The first-order chi connectivity index (χ1) is 7.63. The number of nitrogens with one attached hydrogen (secondary N) is 1. The van der Waals surface area contributed by atoms with Gasteiger partial charge in [0.1, 0.15) is 0 Å². The van der Waals surface area contributed by atoms with Gasteiger partial charge in [-0.25, -0.2) is 0 Å². The van der Waals surface area contributed by atoms with Crippen LogP contribution >= 0.6 is 0 Å². The highest BCUT2D eigenvalue weighted by Crippen LogP contribution is 1.94. The Kier molecular flexibility index (Phi) is 16.1. The Labute approximate surface area is 103 Å². The molecule has 0 rings (SSSR count). The third kappa shape index (κ3) is 13.4. The van der Waals surface area contributed by atoms with Crippen molar-refractivity contribution in [2.45, 2.75) is 53.9 Å². The molecule has 0 aliphatic rings. The molecule has 0 unspecified atom stereocenters. The van der Waals surface area contributed by atoms with Gasteiger partial charge in [0, 0.05) is 28.0 Å². The average molecular weight is 232 g/mol. The average Bonchev–Trinajstić information content (AvgIpc) is 2.24. The Morgan fingerprint density at radius 1 is 1.19 bits per heavy atom.